The summed E-state index contributed by atoms with van der Waals surface area (Å²) in [6.45, 7) is 5.57. The standard InChI is InChI=1S/C14H25N5/c1-4-15-11-7-12-5-6-13(8-11)19(12)10(2)14-17-16-9-18(14)3/h9-13,15H,4-8H2,1-3H3. The molecule has 5 nitrogen and oxygen atoms in total. The first-order valence-corrected chi connectivity index (χ1v) is 7.55. The number of fused-ring (bicyclic) bond motifs is 2. The molecule has 0 radical (unpaired) electrons. The third kappa shape index (κ3) is 2.30. The van der Waals surface area contributed by atoms with E-state index >= 15 is 0 Å². The lowest BCUT2D eigenvalue weighted by atomic mass is 9.95. The van der Waals surface area contributed by atoms with Gasteiger partial charge in [-0.3, -0.25) is 4.90 Å². The van der Waals surface area contributed by atoms with Gasteiger partial charge >= 0.3 is 0 Å². The molecule has 1 aromatic heterocycles. The zero-order valence-corrected chi connectivity index (χ0v) is 12.2. The molecule has 0 spiro atoms. The summed E-state index contributed by atoms with van der Waals surface area (Å²) < 4.78 is 2.06. The van der Waals surface area contributed by atoms with E-state index in [1.807, 2.05) is 7.05 Å². The van der Waals surface area contributed by atoms with Crippen molar-refractivity contribution in [3.8, 4) is 0 Å². The molecule has 0 amide bonds. The average molecular weight is 263 g/mol. The highest BCUT2D eigenvalue weighted by Crippen LogP contribution is 2.40. The van der Waals surface area contributed by atoms with E-state index in [1.54, 1.807) is 6.33 Å². The molecule has 2 bridgehead atoms. The fourth-order valence-electron chi connectivity index (χ4n) is 4.10. The molecule has 0 aliphatic carbocycles. The second-order valence-electron chi connectivity index (χ2n) is 6.03. The summed E-state index contributed by atoms with van der Waals surface area (Å²) in [5.41, 5.74) is 0. The molecule has 1 aromatic rings. The molecule has 3 rings (SSSR count). The van der Waals surface area contributed by atoms with Crippen LogP contribution in [0.1, 0.15) is 51.4 Å². The molecule has 2 aliphatic rings. The summed E-state index contributed by atoms with van der Waals surface area (Å²) in [6, 6.07) is 2.53. The maximum atomic E-state index is 4.30. The highest BCUT2D eigenvalue weighted by Gasteiger charge is 2.43. The Morgan fingerprint density at radius 1 is 1.37 bits per heavy atom. The molecule has 19 heavy (non-hydrogen) atoms. The van der Waals surface area contributed by atoms with Gasteiger partial charge < -0.3 is 9.88 Å². The number of nitrogens with zero attached hydrogens (tertiary/aromatic N) is 4. The first-order chi connectivity index (χ1) is 9.20. The van der Waals surface area contributed by atoms with Gasteiger partial charge in [0.15, 0.2) is 0 Å². The summed E-state index contributed by atoms with van der Waals surface area (Å²) in [4.78, 5) is 2.69. The normalized spacial score (nSPS) is 32.7. The van der Waals surface area contributed by atoms with Crippen molar-refractivity contribution < 1.29 is 0 Å². The number of hydrogen-bond donors (Lipinski definition) is 1. The van der Waals surface area contributed by atoms with Gasteiger partial charge in [0, 0.05) is 25.2 Å². The van der Waals surface area contributed by atoms with Crippen LogP contribution in [-0.4, -0.2) is 44.3 Å². The van der Waals surface area contributed by atoms with Gasteiger partial charge in [-0.25, -0.2) is 0 Å². The van der Waals surface area contributed by atoms with E-state index in [0.717, 1.165) is 24.5 Å². The molecule has 0 saturated carbocycles. The molecule has 1 N–H and O–H groups in total. The first kappa shape index (κ1) is 13.1. The Kier molecular flexibility index (Phi) is 3.58. The van der Waals surface area contributed by atoms with Crippen molar-refractivity contribution in [2.45, 2.75) is 63.7 Å². The molecule has 106 valence electrons. The van der Waals surface area contributed by atoms with Crippen LogP contribution >= 0.6 is 0 Å². The van der Waals surface area contributed by atoms with Gasteiger partial charge in [-0.05, 0) is 39.2 Å². The number of rotatable bonds is 4. The Balaban J connectivity index is 1.75. The third-order valence-electron chi connectivity index (χ3n) is 4.85. The van der Waals surface area contributed by atoms with Crippen LogP contribution in [0.25, 0.3) is 0 Å². The molecule has 5 heteroatoms. The van der Waals surface area contributed by atoms with E-state index in [4.69, 9.17) is 0 Å². The van der Waals surface area contributed by atoms with Crippen LogP contribution in [0.5, 0.6) is 0 Å². The third-order valence-corrected chi connectivity index (χ3v) is 4.85. The van der Waals surface area contributed by atoms with Crippen molar-refractivity contribution in [1.29, 1.82) is 0 Å². The van der Waals surface area contributed by atoms with Crippen LogP contribution in [-0.2, 0) is 7.05 Å². The smallest absolute Gasteiger partial charge is 0.149 e. The fraction of sp³-hybridized carbons (Fsp3) is 0.857. The zero-order chi connectivity index (χ0) is 13.4. The van der Waals surface area contributed by atoms with Gasteiger partial charge in [0.25, 0.3) is 0 Å². The van der Waals surface area contributed by atoms with E-state index in [1.165, 1.54) is 25.7 Å². The second-order valence-corrected chi connectivity index (χ2v) is 6.03. The molecule has 3 heterocycles. The molecule has 0 aromatic carbocycles. The number of piperidine rings is 1. The largest absolute Gasteiger partial charge is 0.319 e. The van der Waals surface area contributed by atoms with Crippen LogP contribution in [0.15, 0.2) is 6.33 Å². The van der Waals surface area contributed by atoms with Crippen LogP contribution in [0.4, 0.5) is 0 Å². The van der Waals surface area contributed by atoms with Gasteiger partial charge in [0.2, 0.25) is 0 Å². The van der Waals surface area contributed by atoms with Crippen molar-refractivity contribution in [3.63, 3.8) is 0 Å². The lowest BCUT2D eigenvalue weighted by Gasteiger charge is -2.42. The summed E-state index contributed by atoms with van der Waals surface area (Å²) in [6.07, 6.45) is 7.06. The summed E-state index contributed by atoms with van der Waals surface area (Å²) >= 11 is 0. The maximum absolute atomic E-state index is 4.30. The lowest BCUT2D eigenvalue weighted by Crippen LogP contribution is -2.50. The second kappa shape index (κ2) is 5.21. The summed E-state index contributed by atoms with van der Waals surface area (Å²) in [5, 5.41) is 12.0. The Hall–Kier alpha value is -0.940. The molecule has 2 fully saturated rings. The first-order valence-electron chi connectivity index (χ1n) is 7.55. The zero-order valence-electron chi connectivity index (χ0n) is 12.2. The number of aromatic nitrogens is 3. The fourth-order valence-corrected chi connectivity index (χ4v) is 4.10. The van der Waals surface area contributed by atoms with Crippen LogP contribution in [0.3, 0.4) is 0 Å². The van der Waals surface area contributed by atoms with E-state index in [-0.39, 0.29) is 0 Å². The molecular formula is C14H25N5. The number of nitrogens with one attached hydrogen (secondary N) is 1. The van der Waals surface area contributed by atoms with Gasteiger partial charge in [-0.15, -0.1) is 10.2 Å². The minimum absolute atomic E-state index is 0.382. The Labute approximate surface area is 115 Å². The highest BCUT2D eigenvalue weighted by atomic mass is 15.3. The van der Waals surface area contributed by atoms with Crippen LogP contribution in [0.2, 0.25) is 0 Å². The highest BCUT2D eigenvalue weighted by molar-refractivity contribution is 5.04. The number of hydrogen-bond acceptors (Lipinski definition) is 4. The van der Waals surface area contributed by atoms with Gasteiger partial charge in [-0.1, -0.05) is 6.92 Å². The quantitative estimate of drug-likeness (QED) is 0.894. The van der Waals surface area contributed by atoms with Crippen molar-refractivity contribution in [2.24, 2.45) is 7.05 Å². The Bertz CT molecular complexity index is 415. The van der Waals surface area contributed by atoms with Crippen molar-refractivity contribution >= 4 is 0 Å². The van der Waals surface area contributed by atoms with Crippen molar-refractivity contribution in [1.82, 2.24) is 25.0 Å². The molecule has 3 unspecified atom stereocenters. The maximum Gasteiger partial charge on any atom is 0.149 e. The van der Waals surface area contributed by atoms with Crippen LogP contribution in [0, 0.1) is 0 Å². The predicted molar refractivity (Wildman–Crippen MR) is 74.8 cm³/mol. The molecular weight excluding hydrogens is 238 g/mol. The van der Waals surface area contributed by atoms with E-state index < -0.39 is 0 Å². The lowest BCUT2D eigenvalue weighted by molar-refractivity contribution is 0.0724. The van der Waals surface area contributed by atoms with Gasteiger partial charge in [-0.2, -0.15) is 0 Å². The number of aryl methyl sites for hydroxylation is 1. The summed E-state index contributed by atoms with van der Waals surface area (Å²) in [7, 11) is 2.04. The molecule has 2 saturated heterocycles. The van der Waals surface area contributed by atoms with Crippen LogP contribution < -0.4 is 5.32 Å². The minimum Gasteiger partial charge on any atom is -0.319 e. The van der Waals surface area contributed by atoms with Gasteiger partial charge in [0.05, 0.1) is 6.04 Å². The molecule has 3 atom stereocenters. The average Bonchev–Trinajstić information content (AvgIpc) is 2.92. The van der Waals surface area contributed by atoms with E-state index in [2.05, 4.69) is 38.8 Å². The Morgan fingerprint density at radius 2 is 2.05 bits per heavy atom. The predicted octanol–water partition coefficient (Wildman–Crippen LogP) is 1.48. The monoisotopic (exact) mass is 263 g/mol. The SMILES string of the molecule is CCNC1CC2CCC(C1)N2C(C)c1nncn1C. The summed E-state index contributed by atoms with van der Waals surface area (Å²) in [5.74, 6) is 1.10. The van der Waals surface area contributed by atoms with Crippen molar-refractivity contribution in [3.05, 3.63) is 12.2 Å². The molecule has 2 aliphatic heterocycles. The van der Waals surface area contributed by atoms with E-state index in [0.29, 0.717) is 12.1 Å². The topological polar surface area (TPSA) is 46.0 Å². The minimum atomic E-state index is 0.382. The van der Waals surface area contributed by atoms with E-state index in [9.17, 15) is 0 Å². The van der Waals surface area contributed by atoms with Gasteiger partial charge in [0.1, 0.15) is 12.2 Å². The van der Waals surface area contributed by atoms with Crippen molar-refractivity contribution in [2.75, 3.05) is 6.54 Å². The Morgan fingerprint density at radius 3 is 2.58 bits per heavy atom.